The van der Waals surface area contributed by atoms with Crippen molar-refractivity contribution >= 4 is 47.6 Å². The van der Waals surface area contributed by atoms with Gasteiger partial charge in [-0.25, -0.2) is 0 Å². The Labute approximate surface area is 125 Å². The molecule has 0 aromatic rings. The average molecular weight is 385 g/mol. The van der Waals surface area contributed by atoms with E-state index in [0.29, 0.717) is 0 Å². The summed E-state index contributed by atoms with van der Waals surface area (Å²) in [5.74, 6) is -0.951. The number of amides is 1. The van der Waals surface area contributed by atoms with Crippen LogP contribution in [0.2, 0.25) is 0 Å². The molecule has 0 bridgehead atoms. The van der Waals surface area contributed by atoms with Crippen molar-refractivity contribution in [1.82, 2.24) is 9.80 Å². The first kappa shape index (κ1) is 18.1. The zero-order valence-electron chi connectivity index (χ0n) is 10.9. The third-order valence-electron chi connectivity index (χ3n) is 2.52. The van der Waals surface area contributed by atoms with Crippen molar-refractivity contribution < 1.29 is 14.7 Å². The average Bonchev–Trinajstić information content (AvgIpc) is 2.37. The fraction of sp³-hybridized carbons (Fsp3) is 0.800. The number of hydrogen-bond acceptors (Lipinski definition) is 3. The van der Waals surface area contributed by atoms with E-state index >= 15 is 0 Å². The van der Waals surface area contributed by atoms with Crippen LogP contribution in [0.4, 0.5) is 0 Å². The summed E-state index contributed by atoms with van der Waals surface area (Å²) in [6.07, 6.45) is 0.0597. The molecule has 1 aliphatic rings. The third-order valence-corrected chi connectivity index (χ3v) is 4.60. The molecule has 1 N–H and O–H groups in total. The molecule has 18 heavy (non-hydrogen) atoms. The molecule has 8 heteroatoms. The second-order valence-electron chi connectivity index (χ2n) is 3.98. The van der Waals surface area contributed by atoms with Gasteiger partial charge in [0.2, 0.25) is 10.8 Å². The van der Waals surface area contributed by atoms with E-state index < -0.39 is 5.97 Å². The molecule has 1 aliphatic heterocycles. The van der Waals surface area contributed by atoms with Crippen molar-refractivity contribution in [3.63, 3.8) is 0 Å². The maximum absolute atomic E-state index is 11.5. The fourth-order valence-corrected chi connectivity index (χ4v) is 1.43. The van der Waals surface area contributed by atoms with Gasteiger partial charge in [-0.05, 0) is 7.05 Å². The molecule has 1 unspecified atom stereocenters. The van der Waals surface area contributed by atoms with Gasteiger partial charge in [-0.3, -0.25) is 9.59 Å². The smallest absolute Gasteiger partial charge is 0.303 e. The van der Waals surface area contributed by atoms with Crippen LogP contribution in [0.15, 0.2) is 0 Å². The van der Waals surface area contributed by atoms with Crippen LogP contribution in [-0.4, -0.2) is 71.5 Å². The number of rotatable bonds is 4. The molecule has 1 heterocycles. The lowest BCUT2D eigenvalue weighted by Gasteiger charge is -2.32. The Morgan fingerprint density at radius 3 is 2.17 bits per heavy atom. The van der Waals surface area contributed by atoms with Crippen molar-refractivity contribution in [2.45, 2.75) is 12.8 Å². The van der Waals surface area contributed by atoms with Gasteiger partial charge in [-0.15, -0.1) is 0 Å². The lowest BCUT2D eigenvalue weighted by molar-refractivity contribution is -0.141. The number of hydrogen-bond donors (Lipinski definition) is 1. The van der Waals surface area contributed by atoms with E-state index in [0.717, 1.165) is 34.6 Å². The predicted molar refractivity (Wildman–Crippen MR) is 85.0 cm³/mol. The standard InChI is InChI=1S/C9H16N2O3.CH4BIP/c1-10-4-6-11(7-5-10)8(12)2-3-9(13)14;1-4-2-3/h2-7H2,1H3,(H,13,14);4H,1H3. The Balaban J connectivity index is 0.000000631. The van der Waals surface area contributed by atoms with Crippen molar-refractivity contribution in [1.29, 1.82) is 0 Å². The summed E-state index contributed by atoms with van der Waals surface area (Å²) in [6.45, 7) is 5.33. The number of carbonyl (C=O) groups is 2. The molecule has 103 valence electrons. The van der Waals surface area contributed by atoms with Crippen LogP contribution in [0, 0.1) is 0 Å². The lowest BCUT2D eigenvalue weighted by atomic mass is 10.2. The first-order valence-electron chi connectivity index (χ1n) is 5.78. The summed E-state index contributed by atoms with van der Waals surface area (Å²) in [6, 6.07) is 0. The zero-order chi connectivity index (χ0) is 14.0. The summed E-state index contributed by atoms with van der Waals surface area (Å²) in [7, 11) is 3.02. The van der Waals surface area contributed by atoms with Crippen LogP contribution in [0.3, 0.4) is 0 Å². The maximum Gasteiger partial charge on any atom is 0.303 e. The topological polar surface area (TPSA) is 60.9 Å². The molecule has 0 spiro atoms. The Bertz CT molecular complexity index is 262. The van der Waals surface area contributed by atoms with Crippen LogP contribution < -0.4 is 0 Å². The first-order valence-corrected chi connectivity index (χ1v) is 8.60. The van der Waals surface area contributed by atoms with Crippen LogP contribution in [0.25, 0.3) is 0 Å². The van der Waals surface area contributed by atoms with Gasteiger partial charge in [0.1, 0.15) is 0 Å². The van der Waals surface area contributed by atoms with Gasteiger partial charge in [0.15, 0.2) is 0 Å². The number of likely N-dealkylation sites (N-methyl/N-ethyl adjacent to an activating group) is 1. The minimum Gasteiger partial charge on any atom is -0.481 e. The van der Waals surface area contributed by atoms with Gasteiger partial charge in [0.05, 0.1) is 6.42 Å². The Morgan fingerprint density at radius 2 is 1.78 bits per heavy atom. The second-order valence-corrected chi connectivity index (χ2v) is 6.64. The summed E-state index contributed by atoms with van der Waals surface area (Å²) in [4.78, 5) is 27.7. The van der Waals surface area contributed by atoms with Crippen molar-refractivity contribution in [3.8, 4) is 0 Å². The highest BCUT2D eigenvalue weighted by atomic mass is 127. The maximum atomic E-state index is 11.5. The Hall–Kier alpha value is 0.125. The van der Waals surface area contributed by atoms with Gasteiger partial charge >= 0.3 is 5.97 Å². The number of aliphatic carboxylic acids is 1. The van der Waals surface area contributed by atoms with Gasteiger partial charge in [-0.1, -0.05) is 6.66 Å². The van der Waals surface area contributed by atoms with Crippen LogP contribution in [0.5, 0.6) is 0 Å². The molecule has 0 aromatic heterocycles. The molecule has 1 atom stereocenters. The number of halogens is 1. The molecule has 1 rings (SSSR count). The number of piperazine rings is 1. The number of carboxylic acid groups (broad SMARTS) is 1. The van der Waals surface area contributed by atoms with Crippen molar-refractivity contribution in [2.24, 2.45) is 0 Å². The van der Waals surface area contributed by atoms with Gasteiger partial charge in [0.25, 0.3) is 0 Å². The van der Waals surface area contributed by atoms with Crippen molar-refractivity contribution in [3.05, 3.63) is 0 Å². The van der Waals surface area contributed by atoms with Gasteiger partial charge in [-0.2, -0.15) is 30.8 Å². The molecular formula is C10H20BIN2O3P. The van der Waals surface area contributed by atoms with Crippen LogP contribution in [-0.2, 0) is 9.59 Å². The third kappa shape index (κ3) is 9.11. The molecule has 5 nitrogen and oxygen atoms in total. The molecule has 1 saturated heterocycles. The molecule has 1 radical (unpaired) electrons. The quantitative estimate of drug-likeness (QED) is 0.444. The van der Waals surface area contributed by atoms with Gasteiger partial charge < -0.3 is 14.9 Å². The highest BCUT2D eigenvalue weighted by Gasteiger charge is 2.18. The monoisotopic (exact) mass is 385 g/mol. The SMILES string of the molecule is CN1CCN(C(=O)CCC(=O)O)CC1.CP[B]I. The van der Waals surface area contributed by atoms with Gasteiger partial charge in [0, 0.05) is 32.6 Å². The summed E-state index contributed by atoms with van der Waals surface area (Å²) in [5, 5.41) is 8.42. The number of nitrogens with zero attached hydrogens (tertiary/aromatic N) is 2. The van der Waals surface area contributed by atoms with E-state index in [4.69, 9.17) is 5.11 Å². The largest absolute Gasteiger partial charge is 0.481 e. The minimum absolute atomic E-state index is 0.0412. The molecule has 1 amide bonds. The molecule has 1 fully saturated rings. The normalized spacial score (nSPS) is 16.3. The van der Waals surface area contributed by atoms with Crippen LogP contribution >= 0.6 is 30.8 Å². The second kappa shape index (κ2) is 11.0. The zero-order valence-corrected chi connectivity index (χ0v) is 14.0. The van der Waals surface area contributed by atoms with Crippen LogP contribution in [0.1, 0.15) is 12.8 Å². The fourth-order valence-electron chi connectivity index (χ4n) is 1.43. The number of carbonyl (C=O) groups excluding carboxylic acids is 1. The summed E-state index contributed by atoms with van der Waals surface area (Å²) in [5.41, 5.74) is 0. The van der Waals surface area contributed by atoms with E-state index in [1.807, 2.05) is 7.05 Å². The number of carboxylic acids is 1. The Kier molecular flexibility index (Phi) is 11.1. The summed E-state index contributed by atoms with van der Waals surface area (Å²) < 4.78 is 0. The molecular weight excluding hydrogens is 365 g/mol. The van der Waals surface area contributed by atoms with E-state index in [9.17, 15) is 9.59 Å². The van der Waals surface area contributed by atoms with Crippen molar-refractivity contribution in [2.75, 3.05) is 39.9 Å². The molecule has 0 saturated carbocycles. The lowest BCUT2D eigenvalue weighted by Crippen LogP contribution is -2.47. The highest BCUT2D eigenvalue weighted by molar-refractivity contribution is 14.1. The highest BCUT2D eigenvalue weighted by Crippen LogP contribution is 2.03. The predicted octanol–water partition coefficient (Wildman–Crippen LogP) is 0.889. The van der Waals surface area contributed by atoms with E-state index in [2.05, 4.69) is 38.8 Å². The molecule has 0 aliphatic carbocycles. The summed E-state index contributed by atoms with van der Waals surface area (Å²) >= 11 is 2.24. The van der Waals surface area contributed by atoms with E-state index in [1.54, 1.807) is 4.90 Å². The Morgan fingerprint density at radius 1 is 1.28 bits per heavy atom. The minimum atomic E-state index is -0.910. The molecule has 0 aromatic carbocycles. The van der Waals surface area contributed by atoms with E-state index in [-0.39, 0.29) is 18.7 Å². The first-order chi connectivity index (χ1) is 8.51. The van der Waals surface area contributed by atoms with E-state index in [1.165, 1.54) is 0 Å².